The van der Waals surface area contributed by atoms with E-state index in [4.69, 9.17) is 10.5 Å². The van der Waals surface area contributed by atoms with Crippen molar-refractivity contribution >= 4 is 29.2 Å². The van der Waals surface area contributed by atoms with Crippen LogP contribution in [-0.2, 0) is 0 Å². The fourth-order valence-corrected chi connectivity index (χ4v) is 2.00. The molecule has 0 aliphatic heterocycles. The molecule has 110 valence electrons. The summed E-state index contributed by atoms with van der Waals surface area (Å²) in [5.74, 6) is 0.161. The third-order valence-corrected chi connectivity index (χ3v) is 3.29. The van der Waals surface area contributed by atoms with Gasteiger partial charge in [-0.25, -0.2) is 4.98 Å². The number of aromatic nitrogens is 2. The molecule has 7 nitrogen and oxygen atoms in total. The molecule has 0 spiro atoms. The van der Waals surface area contributed by atoms with Gasteiger partial charge < -0.3 is 15.8 Å². The molecule has 1 amide bonds. The number of carbonyl (C=O) groups is 1. The van der Waals surface area contributed by atoms with E-state index in [2.05, 4.69) is 15.3 Å². The molecule has 0 atom stereocenters. The van der Waals surface area contributed by atoms with E-state index >= 15 is 0 Å². The van der Waals surface area contributed by atoms with E-state index < -0.39 is 11.5 Å². The second-order valence-electron chi connectivity index (χ2n) is 4.02. The van der Waals surface area contributed by atoms with Gasteiger partial charge in [0.2, 0.25) is 0 Å². The van der Waals surface area contributed by atoms with E-state index in [-0.39, 0.29) is 11.5 Å². The first-order valence-corrected chi connectivity index (χ1v) is 7.16. The molecule has 0 unspecified atom stereocenters. The molecule has 0 bridgehead atoms. The third-order valence-electron chi connectivity index (χ3n) is 2.71. The van der Waals surface area contributed by atoms with Crippen LogP contribution in [0.25, 0.3) is 0 Å². The van der Waals surface area contributed by atoms with Gasteiger partial charge in [-0.2, -0.15) is 0 Å². The molecule has 0 saturated carbocycles. The molecule has 21 heavy (non-hydrogen) atoms. The van der Waals surface area contributed by atoms with E-state index in [1.165, 1.54) is 18.9 Å². The van der Waals surface area contributed by atoms with Gasteiger partial charge in [0, 0.05) is 5.56 Å². The van der Waals surface area contributed by atoms with E-state index in [0.29, 0.717) is 16.5 Å². The quantitative estimate of drug-likeness (QED) is 0.580. The van der Waals surface area contributed by atoms with Crippen LogP contribution in [-0.4, -0.2) is 29.2 Å². The molecule has 1 aromatic carbocycles. The van der Waals surface area contributed by atoms with Crippen LogP contribution in [0, 0.1) is 0 Å². The number of aromatic amines is 1. The Bertz CT molecular complexity index is 712. The maximum Gasteiger partial charge on any atom is 0.277 e. The Labute approximate surface area is 124 Å². The lowest BCUT2D eigenvalue weighted by Gasteiger charge is -2.08. The average molecular weight is 306 g/mol. The zero-order valence-corrected chi connectivity index (χ0v) is 12.3. The van der Waals surface area contributed by atoms with Crippen LogP contribution in [0.1, 0.15) is 10.4 Å². The summed E-state index contributed by atoms with van der Waals surface area (Å²) < 4.78 is 5.01. The molecule has 0 radical (unpaired) electrons. The Kier molecular flexibility index (Phi) is 4.49. The summed E-state index contributed by atoms with van der Waals surface area (Å²) in [5, 5.41) is 2.85. The lowest BCUT2D eigenvalue weighted by Crippen LogP contribution is -2.23. The maximum atomic E-state index is 12.1. The highest BCUT2D eigenvalue weighted by Gasteiger charge is 2.13. The number of anilines is 2. The number of nitrogens with zero attached hydrogens (tertiary/aromatic N) is 1. The molecule has 0 aliphatic carbocycles. The smallest absolute Gasteiger partial charge is 0.277 e. The summed E-state index contributed by atoms with van der Waals surface area (Å²) in [5.41, 5.74) is 5.52. The average Bonchev–Trinajstić information content (AvgIpc) is 2.50. The molecular formula is C13H14N4O3S. The molecule has 2 rings (SSSR count). The Morgan fingerprint density at radius 1 is 1.38 bits per heavy atom. The highest BCUT2D eigenvalue weighted by Crippen LogP contribution is 2.16. The number of nitrogen functional groups attached to an aromatic ring is 1. The van der Waals surface area contributed by atoms with Gasteiger partial charge in [-0.15, -0.1) is 0 Å². The molecule has 0 fully saturated rings. The standard InChI is InChI=1S/C13H14N4O3S/c1-20-8-5-3-7(4-6-8)11(18)15-9-10(14)16-13(21-2)17-12(9)19/h3-6H,1-2H3,(H,15,18)(H3,14,16,17,19). The Morgan fingerprint density at radius 2 is 2.05 bits per heavy atom. The van der Waals surface area contributed by atoms with Crippen LogP contribution in [0.2, 0.25) is 0 Å². The van der Waals surface area contributed by atoms with Crippen molar-refractivity contribution in [2.75, 3.05) is 24.4 Å². The van der Waals surface area contributed by atoms with Gasteiger partial charge in [-0.3, -0.25) is 14.6 Å². The van der Waals surface area contributed by atoms with Crippen molar-refractivity contribution in [1.82, 2.24) is 9.97 Å². The Hall–Kier alpha value is -2.48. The number of nitrogens with one attached hydrogen (secondary N) is 2. The predicted molar refractivity (Wildman–Crippen MR) is 82.0 cm³/mol. The van der Waals surface area contributed by atoms with Crippen molar-refractivity contribution in [3.63, 3.8) is 0 Å². The van der Waals surface area contributed by atoms with E-state index in [1.54, 1.807) is 30.5 Å². The fraction of sp³-hybridized carbons (Fsp3) is 0.154. The van der Waals surface area contributed by atoms with Gasteiger partial charge in [-0.1, -0.05) is 11.8 Å². The zero-order chi connectivity index (χ0) is 15.4. The van der Waals surface area contributed by atoms with Gasteiger partial charge in [0.25, 0.3) is 11.5 Å². The van der Waals surface area contributed by atoms with Crippen LogP contribution in [0.5, 0.6) is 5.75 Å². The van der Waals surface area contributed by atoms with Gasteiger partial charge in [0.15, 0.2) is 11.0 Å². The summed E-state index contributed by atoms with van der Waals surface area (Å²) in [7, 11) is 1.54. The molecule has 1 aromatic heterocycles. The zero-order valence-electron chi connectivity index (χ0n) is 11.5. The van der Waals surface area contributed by atoms with E-state index in [9.17, 15) is 9.59 Å². The van der Waals surface area contributed by atoms with Crippen LogP contribution in [0.15, 0.2) is 34.2 Å². The highest BCUT2D eigenvalue weighted by atomic mass is 32.2. The molecule has 8 heteroatoms. The molecular weight excluding hydrogens is 292 g/mol. The number of carbonyl (C=O) groups excluding carboxylic acids is 1. The van der Waals surface area contributed by atoms with Crippen LogP contribution in [0.3, 0.4) is 0 Å². The van der Waals surface area contributed by atoms with Crippen LogP contribution < -0.4 is 21.3 Å². The number of amides is 1. The number of rotatable bonds is 4. The van der Waals surface area contributed by atoms with E-state index in [0.717, 1.165) is 0 Å². The maximum absolute atomic E-state index is 12.1. The van der Waals surface area contributed by atoms with Crippen LogP contribution >= 0.6 is 11.8 Å². The summed E-state index contributed by atoms with van der Waals surface area (Å²) in [6.45, 7) is 0. The minimum Gasteiger partial charge on any atom is -0.497 e. The minimum absolute atomic E-state index is 0.0232. The second kappa shape index (κ2) is 6.31. The lowest BCUT2D eigenvalue weighted by molar-refractivity contribution is 0.102. The summed E-state index contributed by atoms with van der Waals surface area (Å²) >= 11 is 1.25. The Balaban J connectivity index is 2.25. The number of hydrogen-bond donors (Lipinski definition) is 3. The van der Waals surface area contributed by atoms with Crippen molar-refractivity contribution in [3.05, 3.63) is 40.2 Å². The molecule has 0 saturated heterocycles. The van der Waals surface area contributed by atoms with Crippen LogP contribution in [0.4, 0.5) is 11.5 Å². The highest BCUT2D eigenvalue weighted by molar-refractivity contribution is 7.98. The molecule has 2 aromatic rings. The number of hydrogen-bond acceptors (Lipinski definition) is 6. The monoisotopic (exact) mass is 306 g/mol. The Morgan fingerprint density at radius 3 is 2.57 bits per heavy atom. The predicted octanol–water partition coefficient (Wildman–Crippen LogP) is 1.33. The molecule has 1 heterocycles. The summed E-state index contributed by atoms with van der Waals surface area (Å²) in [6.07, 6.45) is 1.76. The lowest BCUT2D eigenvalue weighted by atomic mass is 10.2. The van der Waals surface area contributed by atoms with Crippen molar-refractivity contribution in [3.8, 4) is 5.75 Å². The first kappa shape index (κ1) is 14.9. The third kappa shape index (κ3) is 3.34. The topological polar surface area (TPSA) is 110 Å². The largest absolute Gasteiger partial charge is 0.497 e. The van der Waals surface area contributed by atoms with Crippen molar-refractivity contribution in [1.29, 1.82) is 0 Å². The number of methoxy groups -OCH3 is 1. The summed E-state index contributed by atoms with van der Waals surface area (Å²) in [6, 6.07) is 6.47. The van der Waals surface area contributed by atoms with Gasteiger partial charge in [0.05, 0.1) is 7.11 Å². The number of H-pyrrole nitrogens is 1. The van der Waals surface area contributed by atoms with Crippen molar-refractivity contribution < 1.29 is 9.53 Å². The number of ether oxygens (including phenoxy) is 1. The molecule has 4 N–H and O–H groups in total. The first-order valence-electron chi connectivity index (χ1n) is 5.94. The molecule has 0 aliphatic rings. The normalized spacial score (nSPS) is 10.2. The number of nitrogens with two attached hydrogens (primary N) is 1. The fourth-order valence-electron chi connectivity index (χ4n) is 1.61. The number of benzene rings is 1. The van der Waals surface area contributed by atoms with Crippen molar-refractivity contribution in [2.24, 2.45) is 0 Å². The minimum atomic E-state index is -0.492. The SMILES string of the molecule is COc1ccc(C(=O)Nc2c(N)nc(SC)[nH]c2=O)cc1. The first-order chi connectivity index (χ1) is 10.0. The van der Waals surface area contributed by atoms with Crippen molar-refractivity contribution in [2.45, 2.75) is 5.16 Å². The summed E-state index contributed by atoms with van der Waals surface area (Å²) in [4.78, 5) is 30.4. The van der Waals surface area contributed by atoms with Gasteiger partial charge in [0.1, 0.15) is 11.4 Å². The number of thioether (sulfide) groups is 1. The van der Waals surface area contributed by atoms with Gasteiger partial charge >= 0.3 is 0 Å². The van der Waals surface area contributed by atoms with E-state index in [1.807, 2.05) is 0 Å². The van der Waals surface area contributed by atoms with Gasteiger partial charge in [-0.05, 0) is 30.5 Å². The second-order valence-corrected chi connectivity index (χ2v) is 4.81.